The van der Waals surface area contributed by atoms with Crippen LogP contribution in [0.15, 0.2) is 72.1 Å². The molecule has 2 aromatic carbocycles. The summed E-state index contributed by atoms with van der Waals surface area (Å²) in [5.74, 6) is 0.612. The zero-order valence-corrected chi connectivity index (χ0v) is 18.4. The second-order valence-electron chi connectivity index (χ2n) is 7.54. The molecule has 33 heavy (non-hydrogen) atoms. The fraction of sp³-hybridized carbons (Fsp3) is 0.174. The SMILES string of the molecule is O=C(c1nc(-c2cccs2)n(-c2ccccc2)n1)N1CCN(c2ccc([N+](=O)[O-])cc2)CC1. The molecule has 3 heterocycles. The number of hydrogen-bond donors (Lipinski definition) is 0. The topological polar surface area (TPSA) is 97.4 Å². The van der Waals surface area contributed by atoms with Crippen molar-refractivity contribution in [2.45, 2.75) is 0 Å². The van der Waals surface area contributed by atoms with Crippen molar-refractivity contribution in [1.29, 1.82) is 0 Å². The zero-order valence-electron chi connectivity index (χ0n) is 17.6. The molecule has 0 bridgehead atoms. The molecule has 0 N–H and O–H groups in total. The highest BCUT2D eigenvalue weighted by molar-refractivity contribution is 7.13. The molecule has 4 aromatic rings. The van der Waals surface area contributed by atoms with E-state index in [4.69, 9.17) is 0 Å². The van der Waals surface area contributed by atoms with Gasteiger partial charge in [-0.05, 0) is 35.7 Å². The van der Waals surface area contributed by atoms with E-state index in [1.54, 1.807) is 33.1 Å². The summed E-state index contributed by atoms with van der Waals surface area (Å²) < 4.78 is 1.71. The van der Waals surface area contributed by atoms with Crippen LogP contribution in [-0.2, 0) is 0 Å². The van der Waals surface area contributed by atoms with Crippen molar-refractivity contribution < 1.29 is 9.72 Å². The van der Waals surface area contributed by atoms with E-state index in [-0.39, 0.29) is 17.4 Å². The number of non-ortho nitro benzene ring substituents is 1. The maximum absolute atomic E-state index is 13.2. The lowest BCUT2D eigenvalue weighted by Crippen LogP contribution is -2.49. The van der Waals surface area contributed by atoms with Crippen molar-refractivity contribution in [2.24, 2.45) is 0 Å². The van der Waals surface area contributed by atoms with Crippen molar-refractivity contribution in [1.82, 2.24) is 19.7 Å². The minimum Gasteiger partial charge on any atom is -0.368 e. The van der Waals surface area contributed by atoms with E-state index in [9.17, 15) is 14.9 Å². The Morgan fingerprint density at radius 2 is 1.64 bits per heavy atom. The van der Waals surface area contributed by atoms with Crippen LogP contribution in [0, 0.1) is 10.1 Å². The molecule has 0 spiro atoms. The summed E-state index contributed by atoms with van der Waals surface area (Å²) in [5, 5.41) is 17.4. The quantitative estimate of drug-likeness (QED) is 0.331. The van der Waals surface area contributed by atoms with Crippen LogP contribution < -0.4 is 4.90 Å². The predicted molar refractivity (Wildman–Crippen MR) is 126 cm³/mol. The molecule has 0 atom stereocenters. The minimum atomic E-state index is -0.410. The maximum Gasteiger partial charge on any atom is 0.293 e. The summed E-state index contributed by atoms with van der Waals surface area (Å²) in [7, 11) is 0. The molecule has 0 radical (unpaired) electrons. The third-order valence-electron chi connectivity index (χ3n) is 5.53. The predicted octanol–water partition coefficient (Wildman–Crippen LogP) is 3.87. The van der Waals surface area contributed by atoms with Crippen LogP contribution in [0.25, 0.3) is 16.4 Å². The van der Waals surface area contributed by atoms with Gasteiger partial charge in [0.2, 0.25) is 5.82 Å². The van der Waals surface area contributed by atoms with Crippen molar-refractivity contribution in [3.05, 3.63) is 88.0 Å². The monoisotopic (exact) mass is 460 g/mol. The van der Waals surface area contributed by atoms with E-state index >= 15 is 0 Å². The summed E-state index contributed by atoms with van der Waals surface area (Å²) in [6, 6.07) is 20.0. The van der Waals surface area contributed by atoms with Crippen LogP contribution in [0.1, 0.15) is 10.6 Å². The van der Waals surface area contributed by atoms with E-state index in [2.05, 4.69) is 15.0 Å². The van der Waals surface area contributed by atoms with E-state index in [1.807, 2.05) is 47.8 Å². The highest BCUT2D eigenvalue weighted by Crippen LogP contribution is 2.26. The van der Waals surface area contributed by atoms with Crippen LogP contribution in [-0.4, -0.2) is 56.7 Å². The Morgan fingerprint density at radius 1 is 0.909 bits per heavy atom. The van der Waals surface area contributed by atoms with Crippen molar-refractivity contribution in [3.8, 4) is 16.4 Å². The second kappa shape index (κ2) is 8.83. The Labute approximate surface area is 193 Å². The number of amides is 1. The summed E-state index contributed by atoms with van der Waals surface area (Å²) >= 11 is 1.55. The lowest BCUT2D eigenvalue weighted by Gasteiger charge is -2.35. The molecule has 1 aliphatic rings. The Kier molecular flexibility index (Phi) is 5.57. The van der Waals surface area contributed by atoms with E-state index in [1.165, 1.54) is 12.1 Å². The van der Waals surface area contributed by atoms with Crippen LogP contribution in [0.3, 0.4) is 0 Å². The summed E-state index contributed by atoms with van der Waals surface area (Å²) in [6.07, 6.45) is 0. The van der Waals surface area contributed by atoms with Crippen molar-refractivity contribution in [2.75, 3.05) is 31.1 Å². The zero-order chi connectivity index (χ0) is 22.8. The third kappa shape index (κ3) is 4.20. The molecular formula is C23H20N6O3S. The lowest BCUT2D eigenvalue weighted by atomic mass is 10.2. The van der Waals surface area contributed by atoms with Crippen molar-refractivity contribution >= 4 is 28.6 Å². The summed E-state index contributed by atoms with van der Waals surface area (Å²) in [4.78, 5) is 33.1. The Hall–Kier alpha value is -4.05. The largest absolute Gasteiger partial charge is 0.368 e. The fourth-order valence-corrected chi connectivity index (χ4v) is 4.51. The average molecular weight is 461 g/mol. The average Bonchev–Trinajstić information content (AvgIpc) is 3.55. The van der Waals surface area contributed by atoms with Gasteiger partial charge >= 0.3 is 0 Å². The molecule has 1 saturated heterocycles. The number of nitrogens with zero attached hydrogens (tertiary/aromatic N) is 6. The van der Waals surface area contributed by atoms with Gasteiger partial charge in [0, 0.05) is 44.0 Å². The third-order valence-corrected chi connectivity index (χ3v) is 6.40. The summed E-state index contributed by atoms with van der Waals surface area (Å²) in [6.45, 7) is 2.29. The lowest BCUT2D eigenvalue weighted by molar-refractivity contribution is -0.384. The van der Waals surface area contributed by atoms with E-state index in [0.29, 0.717) is 32.0 Å². The van der Waals surface area contributed by atoms with Gasteiger partial charge in [-0.2, -0.15) is 0 Å². The van der Waals surface area contributed by atoms with Crippen LogP contribution in [0.5, 0.6) is 0 Å². The number of anilines is 1. The first kappa shape index (κ1) is 20.8. The van der Waals surface area contributed by atoms with Gasteiger partial charge in [0.05, 0.1) is 15.5 Å². The van der Waals surface area contributed by atoms with Gasteiger partial charge in [0.15, 0.2) is 5.82 Å². The number of carbonyl (C=O) groups is 1. The highest BCUT2D eigenvalue weighted by atomic mass is 32.1. The van der Waals surface area contributed by atoms with Crippen LogP contribution >= 0.6 is 11.3 Å². The van der Waals surface area contributed by atoms with Gasteiger partial charge in [0.25, 0.3) is 11.6 Å². The van der Waals surface area contributed by atoms with Gasteiger partial charge in [-0.15, -0.1) is 16.4 Å². The van der Waals surface area contributed by atoms with E-state index in [0.717, 1.165) is 16.3 Å². The van der Waals surface area contributed by atoms with Gasteiger partial charge in [-0.1, -0.05) is 24.3 Å². The molecule has 10 heteroatoms. The molecule has 2 aromatic heterocycles. The fourth-order valence-electron chi connectivity index (χ4n) is 3.81. The first-order valence-corrected chi connectivity index (χ1v) is 11.3. The van der Waals surface area contributed by atoms with Crippen molar-refractivity contribution in [3.63, 3.8) is 0 Å². The molecule has 1 fully saturated rings. The van der Waals surface area contributed by atoms with Crippen LogP contribution in [0.2, 0.25) is 0 Å². The molecular weight excluding hydrogens is 440 g/mol. The number of nitro benzene ring substituents is 1. The second-order valence-corrected chi connectivity index (χ2v) is 8.48. The number of piperazine rings is 1. The first-order chi connectivity index (χ1) is 16.1. The number of hydrogen-bond acceptors (Lipinski definition) is 7. The Balaban J connectivity index is 1.34. The Bertz CT molecular complexity index is 1260. The molecule has 0 aliphatic carbocycles. The molecule has 166 valence electrons. The molecule has 0 saturated carbocycles. The number of nitro groups is 1. The van der Waals surface area contributed by atoms with Gasteiger partial charge in [-0.25, -0.2) is 9.67 Å². The van der Waals surface area contributed by atoms with E-state index < -0.39 is 4.92 Å². The highest BCUT2D eigenvalue weighted by Gasteiger charge is 2.27. The number of benzene rings is 2. The number of carbonyl (C=O) groups excluding carboxylic acids is 1. The number of thiophene rings is 1. The number of rotatable bonds is 5. The molecule has 5 rings (SSSR count). The maximum atomic E-state index is 13.2. The van der Waals surface area contributed by atoms with Gasteiger partial charge < -0.3 is 9.80 Å². The number of aromatic nitrogens is 3. The standard InChI is InChI=1S/C23H20N6O3S/c30-23(27-14-12-26(13-15-27)17-8-10-19(11-9-17)29(31)32)21-24-22(20-7-4-16-33-20)28(25-21)18-5-2-1-3-6-18/h1-11,16H,12-15H2. The molecule has 1 aliphatic heterocycles. The van der Waals surface area contributed by atoms with Gasteiger partial charge in [-0.3, -0.25) is 14.9 Å². The van der Waals surface area contributed by atoms with Gasteiger partial charge in [0.1, 0.15) is 0 Å². The normalized spacial score (nSPS) is 13.8. The Morgan fingerprint density at radius 3 is 2.27 bits per heavy atom. The molecule has 9 nitrogen and oxygen atoms in total. The van der Waals surface area contributed by atoms with Crippen LogP contribution in [0.4, 0.5) is 11.4 Å². The molecule has 0 unspecified atom stereocenters. The summed E-state index contributed by atoms with van der Waals surface area (Å²) in [5.41, 5.74) is 1.81. The minimum absolute atomic E-state index is 0.0641. The first-order valence-electron chi connectivity index (χ1n) is 10.5. The molecule has 1 amide bonds. The smallest absolute Gasteiger partial charge is 0.293 e. The number of para-hydroxylation sites is 1.